The average molecular weight is 287 g/mol. The van der Waals surface area contributed by atoms with Gasteiger partial charge in [-0.05, 0) is 25.1 Å². The number of hydrogen-bond donors (Lipinski definition) is 1. The summed E-state index contributed by atoms with van der Waals surface area (Å²) >= 11 is 0. The molecule has 0 bridgehead atoms. The van der Waals surface area contributed by atoms with E-state index in [2.05, 4.69) is 4.99 Å². The van der Waals surface area contributed by atoms with Crippen LogP contribution in [0.5, 0.6) is 0 Å². The van der Waals surface area contributed by atoms with Crippen molar-refractivity contribution in [3.8, 4) is 0 Å². The Hall–Kier alpha value is -2.43. The Kier molecular flexibility index (Phi) is 3.12. The normalized spacial score (nSPS) is 21.5. The first kappa shape index (κ1) is 13.5. The molecule has 21 heavy (non-hydrogen) atoms. The van der Waals surface area contributed by atoms with Crippen molar-refractivity contribution in [2.45, 2.75) is 12.5 Å². The lowest BCUT2D eigenvalue weighted by atomic mass is 9.90. The van der Waals surface area contributed by atoms with Gasteiger partial charge in [0.2, 0.25) is 0 Å². The highest BCUT2D eigenvalue weighted by atomic mass is 19.1. The largest absolute Gasteiger partial charge is 0.369 e. The SMILES string of the molecule is CC1(c2ccc(F)cc2F)CN=C(N)N1c1ccccc1. The van der Waals surface area contributed by atoms with Gasteiger partial charge in [-0.25, -0.2) is 8.78 Å². The molecule has 1 atom stereocenters. The van der Waals surface area contributed by atoms with Gasteiger partial charge in [-0.3, -0.25) is 4.99 Å². The van der Waals surface area contributed by atoms with Crippen LogP contribution in [-0.2, 0) is 5.54 Å². The van der Waals surface area contributed by atoms with Crippen molar-refractivity contribution in [3.63, 3.8) is 0 Å². The molecule has 0 saturated carbocycles. The first-order valence-corrected chi connectivity index (χ1v) is 6.63. The van der Waals surface area contributed by atoms with Crippen molar-refractivity contribution in [2.75, 3.05) is 11.4 Å². The van der Waals surface area contributed by atoms with Crippen molar-refractivity contribution in [2.24, 2.45) is 10.7 Å². The zero-order valence-electron chi connectivity index (χ0n) is 11.6. The van der Waals surface area contributed by atoms with Crippen LogP contribution in [0, 0.1) is 11.6 Å². The predicted octanol–water partition coefficient (Wildman–Crippen LogP) is 3.01. The molecule has 0 amide bonds. The van der Waals surface area contributed by atoms with Crippen LogP contribution in [0.2, 0.25) is 0 Å². The van der Waals surface area contributed by atoms with E-state index in [4.69, 9.17) is 5.73 Å². The maximum atomic E-state index is 14.2. The molecule has 0 radical (unpaired) electrons. The lowest BCUT2D eigenvalue weighted by molar-refractivity contribution is 0.482. The molecular formula is C16H15F2N3. The minimum atomic E-state index is -0.775. The van der Waals surface area contributed by atoms with Gasteiger partial charge >= 0.3 is 0 Å². The number of para-hydroxylation sites is 1. The highest BCUT2D eigenvalue weighted by Gasteiger charge is 2.42. The molecular weight excluding hydrogens is 272 g/mol. The first-order valence-electron chi connectivity index (χ1n) is 6.63. The van der Waals surface area contributed by atoms with Crippen LogP contribution in [-0.4, -0.2) is 12.5 Å². The van der Waals surface area contributed by atoms with Gasteiger partial charge in [0.15, 0.2) is 5.96 Å². The molecule has 0 aromatic heterocycles. The molecule has 0 fully saturated rings. The van der Waals surface area contributed by atoms with Crippen molar-refractivity contribution < 1.29 is 8.78 Å². The molecule has 1 aliphatic rings. The van der Waals surface area contributed by atoms with Crippen LogP contribution < -0.4 is 10.6 Å². The average Bonchev–Trinajstić information content (AvgIpc) is 2.76. The van der Waals surface area contributed by atoms with Crippen LogP contribution >= 0.6 is 0 Å². The maximum Gasteiger partial charge on any atom is 0.196 e. The van der Waals surface area contributed by atoms with E-state index in [0.29, 0.717) is 18.1 Å². The molecule has 2 aromatic rings. The summed E-state index contributed by atoms with van der Waals surface area (Å²) in [5, 5.41) is 0. The number of aliphatic imine (C=N–C) groups is 1. The minimum Gasteiger partial charge on any atom is -0.369 e. The Morgan fingerprint density at radius 3 is 2.52 bits per heavy atom. The standard InChI is InChI=1S/C16H15F2N3/c1-16(13-8-7-11(17)9-14(13)18)10-20-15(19)21(16)12-5-3-2-4-6-12/h2-9H,10H2,1H3,(H2,19,20). The van der Waals surface area contributed by atoms with Gasteiger partial charge < -0.3 is 10.6 Å². The molecule has 108 valence electrons. The van der Waals surface area contributed by atoms with E-state index in [1.54, 1.807) is 4.90 Å². The smallest absolute Gasteiger partial charge is 0.196 e. The molecule has 1 unspecified atom stereocenters. The van der Waals surface area contributed by atoms with E-state index in [0.717, 1.165) is 11.8 Å². The molecule has 1 heterocycles. The molecule has 3 rings (SSSR count). The molecule has 1 aliphatic heterocycles. The lowest BCUT2D eigenvalue weighted by Gasteiger charge is -2.36. The second-order valence-corrected chi connectivity index (χ2v) is 5.24. The zero-order chi connectivity index (χ0) is 15.0. The number of nitrogens with zero attached hydrogens (tertiary/aromatic N) is 2. The van der Waals surface area contributed by atoms with Gasteiger partial charge in [-0.1, -0.05) is 24.3 Å². The Morgan fingerprint density at radius 1 is 1.14 bits per heavy atom. The third kappa shape index (κ3) is 2.14. The third-order valence-corrected chi connectivity index (χ3v) is 3.80. The Balaban J connectivity index is 2.11. The van der Waals surface area contributed by atoms with Crippen molar-refractivity contribution in [3.05, 3.63) is 65.7 Å². The first-order chi connectivity index (χ1) is 10.0. The van der Waals surface area contributed by atoms with E-state index in [-0.39, 0.29) is 0 Å². The summed E-state index contributed by atoms with van der Waals surface area (Å²) in [6.07, 6.45) is 0. The Morgan fingerprint density at radius 2 is 1.86 bits per heavy atom. The van der Waals surface area contributed by atoms with E-state index >= 15 is 0 Å². The predicted molar refractivity (Wildman–Crippen MR) is 79.1 cm³/mol. The maximum absolute atomic E-state index is 14.2. The fraction of sp³-hybridized carbons (Fsp3) is 0.188. The van der Waals surface area contributed by atoms with Crippen LogP contribution in [0.3, 0.4) is 0 Å². The summed E-state index contributed by atoms with van der Waals surface area (Å²) in [7, 11) is 0. The van der Waals surface area contributed by atoms with Crippen LogP contribution in [0.15, 0.2) is 53.5 Å². The second kappa shape index (κ2) is 4.84. The number of anilines is 1. The number of halogens is 2. The van der Waals surface area contributed by atoms with Crippen molar-refractivity contribution in [1.29, 1.82) is 0 Å². The molecule has 3 nitrogen and oxygen atoms in total. The third-order valence-electron chi connectivity index (χ3n) is 3.80. The number of nitrogens with two attached hydrogens (primary N) is 1. The minimum absolute atomic E-state index is 0.316. The zero-order valence-corrected chi connectivity index (χ0v) is 11.6. The van der Waals surface area contributed by atoms with Crippen LogP contribution in [0.25, 0.3) is 0 Å². The number of hydrogen-bond acceptors (Lipinski definition) is 3. The van der Waals surface area contributed by atoms with E-state index in [1.165, 1.54) is 12.1 Å². The van der Waals surface area contributed by atoms with E-state index in [1.807, 2.05) is 37.3 Å². The molecule has 0 saturated heterocycles. The fourth-order valence-corrected chi connectivity index (χ4v) is 2.76. The lowest BCUT2D eigenvalue weighted by Crippen LogP contribution is -2.48. The van der Waals surface area contributed by atoms with Gasteiger partial charge in [0.05, 0.1) is 12.1 Å². The number of rotatable bonds is 2. The molecule has 2 aromatic carbocycles. The van der Waals surface area contributed by atoms with E-state index < -0.39 is 17.2 Å². The summed E-state index contributed by atoms with van der Waals surface area (Å²) in [6.45, 7) is 2.16. The highest BCUT2D eigenvalue weighted by Crippen LogP contribution is 2.37. The number of benzene rings is 2. The summed E-state index contributed by atoms with van der Waals surface area (Å²) < 4.78 is 27.4. The van der Waals surface area contributed by atoms with Crippen molar-refractivity contribution in [1.82, 2.24) is 0 Å². The van der Waals surface area contributed by atoms with Gasteiger partial charge in [0, 0.05) is 17.3 Å². The van der Waals surface area contributed by atoms with Gasteiger partial charge in [0.25, 0.3) is 0 Å². The van der Waals surface area contributed by atoms with E-state index in [9.17, 15) is 8.78 Å². The Labute approximate surface area is 121 Å². The van der Waals surface area contributed by atoms with Gasteiger partial charge in [0.1, 0.15) is 11.6 Å². The number of guanidine groups is 1. The second-order valence-electron chi connectivity index (χ2n) is 5.24. The topological polar surface area (TPSA) is 41.6 Å². The quantitative estimate of drug-likeness (QED) is 0.922. The van der Waals surface area contributed by atoms with Gasteiger partial charge in [-0.2, -0.15) is 0 Å². The monoisotopic (exact) mass is 287 g/mol. The molecule has 2 N–H and O–H groups in total. The molecule has 0 aliphatic carbocycles. The summed E-state index contributed by atoms with van der Waals surface area (Å²) in [4.78, 5) is 6.03. The molecule has 0 spiro atoms. The molecule has 5 heteroatoms. The van der Waals surface area contributed by atoms with Crippen LogP contribution in [0.1, 0.15) is 12.5 Å². The Bertz CT molecular complexity index is 700. The fourth-order valence-electron chi connectivity index (χ4n) is 2.76. The van der Waals surface area contributed by atoms with Crippen molar-refractivity contribution >= 4 is 11.6 Å². The summed E-state index contributed by atoms with van der Waals surface area (Å²) in [5.41, 5.74) is 6.40. The summed E-state index contributed by atoms with van der Waals surface area (Å²) in [6, 6.07) is 13.0. The van der Waals surface area contributed by atoms with Gasteiger partial charge in [-0.15, -0.1) is 0 Å². The summed E-state index contributed by atoms with van der Waals surface area (Å²) in [5.74, 6) is -0.867. The highest BCUT2D eigenvalue weighted by molar-refractivity contribution is 5.98. The van der Waals surface area contributed by atoms with Crippen LogP contribution in [0.4, 0.5) is 14.5 Å².